The summed E-state index contributed by atoms with van der Waals surface area (Å²) < 4.78 is 5.39. The average Bonchev–Trinajstić information content (AvgIpc) is 3.30. The Morgan fingerprint density at radius 1 is 1.09 bits per heavy atom. The van der Waals surface area contributed by atoms with E-state index in [0.29, 0.717) is 35.1 Å². The van der Waals surface area contributed by atoms with E-state index in [-0.39, 0.29) is 17.5 Å². The number of amides is 2. The van der Waals surface area contributed by atoms with Gasteiger partial charge in [-0.2, -0.15) is 0 Å². The van der Waals surface area contributed by atoms with Gasteiger partial charge in [0.15, 0.2) is 0 Å². The molecule has 0 spiro atoms. The second-order valence-electron chi connectivity index (χ2n) is 7.51. The lowest BCUT2D eigenvalue weighted by molar-refractivity contribution is 0.0664. The summed E-state index contributed by atoms with van der Waals surface area (Å²) in [7, 11) is 3.56. The van der Waals surface area contributed by atoms with E-state index < -0.39 is 0 Å². The lowest BCUT2D eigenvalue weighted by Gasteiger charge is -2.32. The van der Waals surface area contributed by atoms with Crippen molar-refractivity contribution in [1.29, 1.82) is 0 Å². The molecule has 0 saturated carbocycles. The number of methoxy groups -OCH3 is 1. The Morgan fingerprint density at radius 2 is 1.81 bits per heavy atom. The largest absolute Gasteiger partial charge is 0.495 e. The Kier molecular flexibility index (Phi) is 6.74. The Labute approximate surface area is 195 Å². The zero-order chi connectivity index (χ0) is 22.7. The van der Waals surface area contributed by atoms with E-state index in [2.05, 4.69) is 15.2 Å². The van der Waals surface area contributed by atoms with E-state index in [1.165, 1.54) is 18.4 Å². The summed E-state index contributed by atoms with van der Waals surface area (Å²) in [6.07, 6.45) is 0. The van der Waals surface area contributed by atoms with Crippen LogP contribution in [-0.4, -0.2) is 66.9 Å². The topological polar surface area (TPSA) is 74.8 Å². The predicted molar refractivity (Wildman–Crippen MR) is 127 cm³/mol. The maximum absolute atomic E-state index is 12.9. The Morgan fingerprint density at radius 3 is 2.50 bits per heavy atom. The summed E-state index contributed by atoms with van der Waals surface area (Å²) in [4.78, 5) is 34.2. The number of rotatable bonds is 5. The van der Waals surface area contributed by atoms with Crippen molar-refractivity contribution in [2.45, 2.75) is 0 Å². The van der Waals surface area contributed by atoms with Crippen LogP contribution >= 0.6 is 22.9 Å². The van der Waals surface area contributed by atoms with Crippen molar-refractivity contribution in [2.24, 2.45) is 0 Å². The first-order valence-electron chi connectivity index (χ1n) is 10.1. The highest BCUT2D eigenvalue weighted by Crippen LogP contribution is 2.29. The highest BCUT2D eigenvalue weighted by Gasteiger charge is 2.22. The standard InChI is InChI=1S/C23H23ClN4O3S/c1-27-9-11-28(12-10-27)23(30)16-5-8-20(31-2)18(13-16)25-21(29)19-14-32-22(26-19)15-3-6-17(24)7-4-15/h3-8,13-14H,9-12H2,1-2H3,(H,25,29). The van der Waals surface area contributed by atoms with E-state index in [0.717, 1.165) is 23.7 Å². The third-order valence-electron chi connectivity index (χ3n) is 5.31. The molecule has 32 heavy (non-hydrogen) atoms. The van der Waals surface area contributed by atoms with Crippen LogP contribution in [-0.2, 0) is 0 Å². The lowest BCUT2D eigenvalue weighted by atomic mass is 10.1. The summed E-state index contributed by atoms with van der Waals surface area (Å²) in [5.41, 5.74) is 2.11. The van der Waals surface area contributed by atoms with Gasteiger partial charge in [0, 0.05) is 47.7 Å². The number of hydrogen-bond donors (Lipinski definition) is 1. The molecular weight excluding hydrogens is 448 g/mol. The molecule has 166 valence electrons. The molecule has 1 aromatic heterocycles. The molecule has 0 aliphatic carbocycles. The number of ether oxygens (including phenoxy) is 1. The van der Waals surface area contributed by atoms with Crippen LogP contribution in [0.5, 0.6) is 5.75 Å². The molecule has 0 radical (unpaired) electrons. The molecule has 4 rings (SSSR count). The van der Waals surface area contributed by atoms with E-state index in [1.54, 1.807) is 35.7 Å². The van der Waals surface area contributed by atoms with Crippen molar-refractivity contribution in [3.8, 4) is 16.3 Å². The van der Waals surface area contributed by atoms with Crippen LogP contribution in [0.3, 0.4) is 0 Å². The fourth-order valence-corrected chi connectivity index (χ4v) is 4.35. The molecule has 1 aliphatic rings. The third kappa shape index (κ3) is 4.93. The van der Waals surface area contributed by atoms with Gasteiger partial charge in [-0.1, -0.05) is 23.7 Å². The number of nitrogens with one attached hydrogen (secondary N) is 1. The molecule has 2 heterocycles. The van der Waals surface area contributed by atoms with Gasteiger partial charge in [-0.25, -0.2) is 4.98 Å². The monoisotopic (exact) mass is 470 g/mol. The quantitative estimate of drug-likeness (QED) is 0.607. The summed E-state index contributed by atoms with van der Waals surface area (Å²) in [6, 6.07) is 12.4. The number of anilines is 1. The molecule has 1 fully saturated rings. The number of hydrogen-bond acceptors (Lipinski definition) is 6. The molecule has 0 unspecified atom stereocenters. The van der Waals surface area contributed by atoms with Crippen molar-refractivity contribution in [3.63, 3.8) is 0 Å². The first-order valence-corrected chi connectivity index (χ1v) is 11.4. The second kappa shape index (κ2) is 9.68. The number of thiazole rings is 1. The first-order chi connectivity index (χ1) is 15.4. The number of carbonyl (C=O) groups excluding carboxylic acids is 2. The zero-order valence-corrected chi connectivity index (χ0v) is 19.4. The SMILES string of the molecule is COc1ccc(C(=O)N2CCN(C)CC2)cc1NC(=O)c1csc(-c2ccc(Cl)cc2)n1. The van der Waals surface area contributed by atoms with Crippen molar-refractivity contribution >= 4 is 40.4 Å². The smallest absolute Gasteiger partial charge is 0.275 e. The van der Waals surface area contributed by atoms with Gasteiger partial charge in [-0.3, -0.25) is 9.59 Å². The van der Waals surface area contributed by atoms with E-state index in [4.69, 9.17) is 16.3 Å². The maximum Gasteiger partial charge on any atom is 0.275 e. The van der Waals surface area contributed by atoms with Crippen molar-refractivity contribution in [2.75, 3.05) is 45.7 Å². The van der Waals surface area contributed by atoms with Crippen LogP contribution in [0.1, 0.15) is 20.8 Å². The predicted octanol–water partition coefficient (Wildman–Crippen LogP) is 4.11. The van der Waals surface area contributed by atoms with Gasteiger partial charge in [0.05, 0.1) is 12.8 Å². The number of carbonyl (C=O) groups is 2. The number of benzene rings is 2. The van der Waals surface area contributed by atoms with Crippen molar-refractivity contribution in [3.05, 3.63) is 64.1 Å². The highest BCUT2D eigenvalue weighted by molar-refractivity contribution is 7.13. The Balaban J connectivity index is 1.52. The Bertz CT molecular complexity index is 1120. The molecule has 0 bridgehead atoms. The van der Waals surface area contributed by atoms with Gasteiger partial charge in [0.25, 0.3) is 11.8 Å². The van der Waals surface area contributed by atoms with Crippen LogP contribution in [0.25, 0.3) is 10.6 Å². The molecule has 0 atom stereocenters. The second-order valence-corrected chi connectivity index (χ2v) is 8.80. The summed E-state index contributed by atoms with van der Waals surface area (Å²) in [5.74, 6) is 0.0420. The Hall–Kier alpha value is -2.94. The number of halogens is 1. The van der Waals surface area contributed by atoms with E-state index in [1.807, 2.05) is 24.1 Å². The number of nitrogens with zero attached hydrogens (tertiary/aromatic N) is 3. The van der Waals surface area contributed by atoms with Gasteiger partial charge in [0.2, 0.25) is 0 Å². The number of aromatic nitrogens is 1. The average molecular weight is 471 g/mol. The number of likely N-dealkylation sites (N-methyl/N-ethyl adjacent to an activating group) is 1. The minimum absolute atomic E-state index is 0.0602. The normalized spacial score (nSPS) is 14.3. The maximum atomic E-state index is 12.9. The summed E-state index contributed by atoms with van der Waals surface area (Å²) in [5, 5.41) is 5.90. The van der Waals surface area contributed by atoms with Crippen molar-refractivity contribution in [1.82, 2.24) is 14.8 Å². The molecule has 2 amide bonds. The van der Waals surface area contributed by atoms with Gasteiger partial charge < -0.3 is 19.9 Å². The fraction of sp³-hybridized carbons (Fsp3) is 0.261. The van der Waals surface area contributed by atoms with Crippen molar-refractivity contribution < 1.29 is 14.3 Å². The molecule has 1 saturated heterocycles. The van der Waals surface area contributed by atoms with Gasteiger partial charge in [-0.15, -0.1) is 11.3 Å². The van der Waals surface area contributed by atoms with Crippen LogP contribution < -0.4 is 10.1 Å². The minimum atomic E-state index is -0.371. The van der Waals surface area contributed by atoms with Gasteiger partial charge in [-0.05, 0) is 37.4 Å². The van der Waals surface area contributed by atoms with Gasteiger partial charge in [0.1, 0.15) is 16.5 Å². The third-order valence-corrected chi connectivity index (χ3v) is 6.46. The molecule has 9 heteroatoms. The summed E-state index contributed by atoms with van der Waals surface area (Å²) >= 11 is 7.32. The van der Waals surface area contributed by atoms with Crippen LogP contribution in [0, 0.1) is 0 Å². The first kappa shape index (κ1) is 22.3. The molecule has 3 aromatic rings. The van der Waals surface area contributed by atoms with Crippen LogP contribution in [0.2, 0.25) is 5.02 Å². The number of piperazine rings is 1. The molecule has 1 N–H and O–H groups in total. The molecular formula is C23H23ClN4O3S. The minimum Gasteiger partial charge on any atom is -0.495 e. The molecule has 1 aliphatic heterocycles. The molecule has 2 aromatic carbocycles. The highest BCUT2D eigenvalue weighted by atomic mass is 35.5. The van der Waals surface area contributed by atoms with Crippen LogP contribution in [0.4, 0.5) is 5.69 Å². The zero-order valence-electron chi connectivity index (χ0n) is 17.8. The van der Waals surface area contributed by atoms with E-state index >= 15 is 0 Å². The fourth-order valence-electron chi connectivity index (χ4n) is 3.42. The molecule has 7 nitrogen and oxygen atoms in total. The van der Waals surface area contributed by atoms with Gasteiger partial charge >= 0.3 is 0 Å². The lowest BCUT2D eigenvalue weighted by Crippen LogP contribution is -2.47. The summed E-state index contributed by atoms with van der Waals surface area (Å²) in [6.45, 7) is 3.03. The van der Waals surface area contributed by atoms with E-state index in [9.17, 15) is 9.59 Å². The van der Waals surface area contributed by atoms with Crippen LogP contribution in [0.15, 0.2) is 47.8 Å².